The van der Waals surface area contributed by atoms with Crippen molar-refractivity contribution in [1.29, 1.82) is 0 Å². The van der Waals surface area contributed by atoms with Gasteiger partial charge in [-0.15, -0.1) is 0 Å². The van der Waals surface area contributed by atoms with Gasteiger partial charge in [-0.2, -0.15) is 0 Å². The molecule has 0 atom stereocenters. The van der Waals surface area contributed by atoms with Crippen molar-refractivity contribution in [1.82, 2.24) is 4.98 Å². The summed E-state index contributed by atoms with van der Waals surface area (Å²) in [6.45, 7) is -0.659. The maximum Gasteiger partial charge on any atom is 0.337 e. The van der Waals surface area contributed by atoms with Crippen LogP contribution < -0.4 is 0 Å². The van der Waals surface area contributed by atoms with Crippen molar-refractivity contribution in [3.63, 3.8) is 0 Å². The summed E-state index contributed by atoms with van der Waals surface area (Å²) in [7, 11) is 0. The van der Waals surface area contributed by atoms with E-state index in [0.29, 0.717) is 0 Å². The van der Waals surface area contributed by atoms with Crippen LogP contribution in [0.25, 0.3) is 0 Å². The van der Waals surface area contributed by atoms with Crippen molar-refractivity contribution >= 4 is 5.97 Å². The van der Waals surface area contributed by atoms with Crippen LogP contribution in [-0.4, -0.2) is 16.1 Å². The van der Waals surface area contributed by atoms with Gasteiger partial charge in [0, 0.05) is 11.9 Å². The maximum absolute atomic E-state index is 11.8. The number of aromatic amines is 1. The minimum Gasteiger partial charge on any atom is -0.478 e. The molecule has 0 radical (unpaired) electrons. The Hall–Kier alpha value is -1.32. The van der Waals surface area contributed by atoms with E-state index < -0.39 is 12.6 Å². The van der Waals surface area contributed by atoms with Gasteiger partial charge in [-0.05, 0) is 6.07 Å². The van der Waals surface area contributed by atoms with E-state index in [1.54, 1.807) is 0 Å². The monoisotopic (exact) mass is 143 g/mol. The van der Waals surface area contributed by atoms with Crippen molar-refractivity contribution < 1.29 is 14.3 Å². The third-order valence-corrected chi connectivity index (χ3v) is 1.13. The zero-order valence-corrected chi connectivity index (χ0v) is 5.10. The Labute approximate surface area is 56.5 Å². The zero-order valence-electron chi connectivity index (χ0n) is 5.10. The van der Waals surface area contributed by atoms with Gasteiger partial charge in [-0.25, -0.2) is 9.18 Å². The van der Waals surface area contributed by atoms with Crippen LogP contribution in [0.4, 0.5) is 4.39 Å². The topological polar surface area (TPSA) is 53.1 Å². The van der Waals surface area contributed by atoms with E-state index >= 15 is 0 Å². The van der Waals surface area contributed by atoms with Crippen LogP contribution in [-0.2, 0) is 6.67 Å². The smallest absolute Gasteiger partial charge is 0.337 e. The maximum atomic E-state index is 11.8. The van der Waals surface area contributed by atoms with Crippen LogP contribution in [0.15, 0.2) is 12.3 Å². The Balaban J connectivity index is 2.88. The summed E-state index contributed by atoms with van der Waals surface area (Å²) in [5.41, 5.74) is 0.380. The normalized spacial score (nSPS) is 9.70. The Kier molecular flexibility index (Phi) is 1.71. The Morgan fingerprint density at radius 2 is 2.50 bits per heavy atom. The second-order valence-corrected chi connectivity index (χ2v) is 1.85. The molecule has 0 amide bonds. The van der Waals surface area contributed by atoms with Gasteiger partial charge in [0.15, 0.2) is 0 Å². The van der Waals surface area contributed by atoms with Crippen molar-refractivity contribution in [2.75, 3.05) is 0 Å². The van der Waals surface area contributed by atoms with Crippen molar-refractivity contribution in [2.45, 2.75) is 6.67 Å². The number of aromatic nitrogens is 1. The van der Waals surface area contributed by atoms with Gasteiger partial charge in [0.2, 0.25) is 0 Å². The largest absolute Gasteiger partial charge is 0.478 e. The number of carbonyl (C=O) groups is 1. The molecule has 0 aromatic carbocycles. The highest BCUT2D eigenvalue weighted by Gasteiger charge is 2.04. The highest BCUT2D eigenvalue weighted by molar-refractivity contribution is 5.87. The number of nitrogens with one attached hydrogen (secondary N) is 1. The van der Waals surface area contributed by atoms with Gasteiger partial charge in [0.25, 0.3) is 0 Å². The minimum atomic E-state index is -1.05. The average molecular weight is 143 g/mol. The number of carboxylic acids is 1. The molecule has 0 saturated heterocycles. The molecule has 54 valence electrons. The molecule has 0 fully saturated rings. The quantitative estimate of drug-likeness (QED) is 0.653. The first-order valence-electron chi connectivity index (χ1n) is 2.70. The third-order valence-electron chi connectivity index (χ3n) is 1.13. The first kappa shape index (κ1) is 6.80. The Morgan fingerprint density at radius 1 is 1.80 bits per heavy atom. The fourth-order valence-electron chi connectivity index (χ4n) is 0.642. The number of aromatic carboxylic acids is 1. The molecular weight excluding hydrogens is 137 g/mol. The van der Waals surface area contributed by atoms with Crippen LogP contribution in [0.3, 0.4) is 0 Å². The van der Waals surface area contributed by atoms with Gasteiger partial charge in [0.05, 0.1) is 5.56 Å². The van der Waals surface area contributed by atoms with E-state index in [9.17, 15) is 9.18 Å². The molecule has 0 spiro atoms. The summed E-state index contributed by atoms with van der Waals surface area (Å²) < 4.78 is 11.8. The van der Waals surface area contributed by atoms with Crippen LogP contribution in [0, 0.1) is 0 Å². The van der Waals surface area contributed by atoms with E-state index in [2.05, 4.69) is 4.98 Å². The average Bonchev–Trinajstić information content (AvgIpc) is 2.34. The lowest BCUT2D eigenvalue weighted by atomic mass is 10.3. The van der Waals surface area contributed by atoms with Gasteiger partial charge < -0.3 is 10.1 Å². The number of halogens is 1. The molecule has 3 nitrogen and oxygen atoms in total. The van der Waals surface area contributed by atoms with E-state index in [0.717, 1.165) is 0 Å². The van der Waals surface area contributed by atoms with Crippen LogP contribution in [0.5, 0.6) is 0 Å². The number of rotatable bonds is 2. The molecule has 0 aliphatic heterocycles. The van der Waals surface area contributed by atoms with Crippen LogP contribution in [0.1, 0.15) is 16.1 Å². The number of carboxylic acid groups (broad SMARTS) is 1. The summed E-state index contributed by atoms with van der Waals surface area (Å²) in [5, 5.41) is 8.35. The minimum absolute atomic E-state index is 0.0904. The Morgan fingerprint density at radius 3 is 2.80 bits per heavy atom. The van der Waals surface area contributed by atoms with Crippen LogP contribution in [0.2, 0.25) is 0 Å². The highest BCUT2D eigenvalue weighted by Crippen LogP contribution is 2.03. The fraction of sp³-hybridized carbons (Fsp3) is 0.167. The number of H-pyrrole nitrogens is 1. The van der Waals surface area contributed by atoms with Gasteiger partial charge in [-0.3, -0.25) is 0 Å². The molecular formula is C6H6FNO2. The lowest BCUT2D eigenvalue weighted by Crippen LogP contribution is -1.91. The summed E-state index contributed by atoms with van der Waals surface area (Å²) in [5.74, 6) is -1.05. The van der Waals surface area contributed by atoms with Gasteiger partial charge >= 0.3 is 5.97 Å². The molecule has 1 aromatic heterocycles. The molecule has 0 aliphatic carbocycles. The molecule has 10 heavy (non-hydrogen) atoms. The summed E-state index contributed by atoms with van der Waals surface area (Å²) in [4.78, 5) is 12.7. The predicted octanol–water partition coefficient (Wildman–Crippen LogP) is 1.18. The van der Waals surface area contributed by atoms with Gasteiger partial charge in [-0.1, -0.05) is 0 Å². The second kappa shape index (κ2) is 2.51. The highest BCUT2D eigenvalue weighted by atomic mass is 19.1. The molecule has 0 bridgehead atoms. The summed E-state index contributed by atoms with van der Waals surface area (Å²) in [6, 6.07) is 1.27. The van der Waals surface area contributed by atoms with E-state index in [1.807, 2.05) is 0 Å². The lowest BCUT2D eigenvalue weighted by Gasteiger charge is -1.81. The first-order valence-corrected chi connectivity index (χ1v) is 2.70. The zero-order chi connectivity index (χ0) is 7.56. The summed E-state index contributed by atoms with van der Waals surface area (Å²) >= 11 is 0. The molecule has 1 aromatic rings. The fourth-order valence-corrected chi connectivity index (χ4v) is 0.642. The second-order valence-electron chi connectivity index (χ2n) is 1.85. The van der Waals surface area contributed by atoms with E-state index in [4.69, 9.17) is 5.11 Å². The molecule has 0 aliphatic rings. The standard InChI is InChI=1S/C6H6FNO2/c7-2-5-1-4(3-8-5)6(9)10/h1,3,8H,2H2,(H,9,10). The predicted molar refractivity (Wildman–Crippen MR) is 32.6 cm³/mol. The molecule has 0 unspecified atom stereocenters. The van der Waals surface area contributed by atoms with E-state index in [-0.39, 0.29) is 11.3 Å². The third kappa shape index (κ3) is 1.15. The lowest BCUT2D eigenvalue weighted by molar-refractivity contribution is 0.0697. The number of hydrogen-bond donors (Lipinski definition) is 2. The Bertz CT molecular complexity index is 244. The summed E-state index contributed by atoms with van der Waals surface area (Å²) in [6.07, 6.45) is 1.26. The SMILES string of the molecule is O=C(O)c1c[nH]c(CF)c1. The number of alkyl halides is 1. The van der Waals surface area contributed by atoms with Crippen molar-refractivity contribution in [3.05, 3.63) is 23.5 Å². The number of hydrogen-bond acceptors (Lipinski definition) is 1. The molecule has 4 heteroatoms. The first-order chi connectivity index (χ1) is 4.74. The molecule has 1 heterocycles. The van der Waals surface area contributed by atoms with Crippen molar-refractivity contribution in [2.24, 2.45) is 0 Å². The van der Waals surface area contributed by atoms with Gasteiger partial charge in [0.1, 0.15) is 6.67 Å². The van der Waals surface area contributed by atoms with E-state index in [1.165, 1.54) is 12.3 Å². The molecule has 1 rings (SSSR count). The molecule has 0 saturated carbocycles. The molecule has 2 N–H and O–H groups in total. The van der Waals surface area contributed by atoms with Crippen LogP contribution >= 0.6 is 0 Å². The van der Waals surface area contributed by atoms with Crippen molar-refractivity contribution in [3.8, 4) is 0 Å².